The molecule has 0 aliphatic carbocycles. The Morgan fingerprint density at radius 3 is 2.57 bits per heavy atom. The number of rotatable bonds is 13. The van der Waals surface area contributed by atoms with E-state index in [1.807, 2.05) is 18.4 Å². The highest BCUT2D eigenvalue weighted by Gasteiger charge is 2.24. The maximum atomic E-state index is 5.60. The minimum Gasteiger partial charge on any atom is -0.379 e. The highest BCUT2D eigenvalue weighted by molar-refractivity contribution is 14.0. The quantitative estimate of drug-likeness (QED) is 0.179. The summed E-state index contributed by atoms with van der Waals surface area (Å²) >= 11 is 1.84. The van der Waals surface area contributed by atoms with Gasteiger partial charge in [0.25, 0.3) is 0 Å². The van der Waals surface area contributed by atoms with Crippen LogP contribution in [0, 0.1) is 0 Å². The summed E-state index contributed by atoms with van der Waals surface area (Å²) in [5, 5.41) is 8.97. The van der Waals surface area contributed by atoms with Gasteiger partial charge in [-0.25, -0.2) is 0 Å². The Bertz CT molecular complexity index is 510. The van der Waals surface area contributed by atoms with Crippen molar-refractivity contribution in [1.82, 2.24) is 15.5 Å². The molecule has 162 valence electrons. The Kier molecular flexibility index (Phi) is 15.0. The molecule has 1 aromatic heterocycles. The van der Waals surface area contributed by atoms with E-state index in [1.165, 1.54) is 37.2 Å². The minimum absolute atomic E-state index is 0. The summed E-state index contributed by atoms with van der Waals surface area (Å²) in [5.41, 5.74) is 0. The lowest BCUT2D eigenvalue weighted by molar-refractivity contribution is 0.0487. The summed E-state index contributed by atoms with van der Waals surface area (Å²) in [6.07, 6.45) is 4.89. The van der Waals surface area contributed by atoms with Crippen LogP contribution >= 0.6 is 35.3 Å². The second kappa shape index (κ2) is 16.4. The van der Waals surface area contributed by atoms with Crippen molar-refractivity contribution < 1.29 is 9.47 Å². The van der Waals surface area contributed by atoms with Gasteiger partial charge in [0, 0.05) is 31.6 Å². The molecule has 1 atom stereocenters. The summed E-state index contributed by atoms with van der Waals surface area (Å²) < 4.78 is 11.1. The normalized spacial score (nSPS) is 16.0. The summed E-state index contributed by atoms with van der Waals surface area (Å²) in [6, 6.07) is 4.80. The molecule has 0 bridgehead atoms. The molecule has 28 heavy (non-hydrogen) atoms. The first-order valence-corrected chi connectivity index (χ1v) is 11.1. The van der Waals surface area contributed by atoms with Gasteiger partial charge in [-0.2, -0.15) is 0 Å². The van der Waals surface area contributed by atoms with Crippen LogP contribution in [0.15, 0.2) is 22.5 Å². The fourth-order valence-corrected chi connectivity index (χ4v) is 4.03. The van der Waals surface area contributed by atoms with E-state index in [-0.39, 0.29) is 24.0 Å². The second-order valence-electron chi connectivity index (χ2n) is 6.73. The molecule has 1 unspecified atom stereocenters. The van der Waals surface area contributed by atoms with Gasteiger partial charge in [0.05, 0.1) is 25.9 Å². The van der Waals surface area contributed by atoms with E-state index in [9.17, 15) is 0 Å². The highest BCUT2D eigenvalue weighted by Crippen LogP contribution is 2.27. The van der Waals surface area contributed by atoms with Crippen molar-refractivity contribution in [2.24, 2.45) is 4.99 Å². The van der Waals surface area contributed by atoms with Crippen LogP contribution in [0.3, 0.4) is 0 Å². The van der Waals surface area contributed by atoms with Crippen LogP contribution in [0.4, 0.5) is 0 Å². The van der Waals surface area contributed by atoms with Gasteiger partial charge < -0.3 is 20.1 Å². The zero-order valence-corrected chi connectivity index (χ0v) is 20.5. The van der Waals surface area contributed by atoms with E-state index in [0.717, 1.165) is 32.1 Å². The number of likely N-dealkylation sites (tertiary alicyclic amines) is 1. The molecule has 1 saturated heterocycles. The summed E-state index contributed by atoms with van der Waals surface area (Å²) in [5.74, 6) is 0.832. The molecule has 2 N–H and O–H groups in total. The lowest BCUT2D eigenvalue weighted by Gasteiger charge is -2.27. The van der Waals surface area contributed by atoms with Crippen molar-refractivity contribution in [3.63, 3.8) is 0 Å². The van der Waals surface area contributed by atoms with Crippen LogP contribution in [0.25, 0.3) is 0 Å². The molecule has 0 spiro atoms. The molecular weight excluding hydrogens is 487 g/mol. The molecule has 0 aromatic carbocycles. The van der Waals surface area contributed by atoms with E-state index in [2.05, 4.69) is 45.0 Å². The fraction of sp³-hybridized carbons (Fsp3) is 0.750. The van der Waals surface area contributed by atoms with E-state index >= 15 is 0 Å². The largest absolute Gasteiger partial charge is 0.379 e. The number of nitrogens with one attached hydrogen (secondary N) is 2. The predicted octanol–water partition coefficient (Wildman–Crippen LogP) is 3.50. The van der Waals surface area contributed by atoms with Crippen LogP contribution in [0.1, 0.15) is 43.5 Å². The number of guanidine groups is 1. The van der Waals surface area contributed by atoms with Gasteiger partial charge in [0.15, 0.2) is 5.96 Å². The number of unbranched alkanes of at least 4 members (excludes halogenated alkanes) is 1. The summed E-state index contributed by atoms with van der Waals surface area (Å²) in [6.45, 7) is 8.94. The number of ether oxygens (including phenoxy) is 2. The monoisotopic (exact) mass is 524 g/mol. The first-order chi connectivity index (χ1) is 13.3. The van der Waals surface area contributed by atoms with Gasteiger partial charge in [0.2, 0.25) is 0 Å². The molecular formula is C20H37IN4O2S. The average molecular weight is 525 g/mol. The number of aliphatic imine (C=N–C) groups is 1. The molecule has 0 amide bonds. The molecule has 1 aliphatic heterocycles. The van der Waals surface area contributed by atoms with Gasteiger partial charge in [-0.05, 0) is 43.8 Å². The van der Waals surface area contributed by atoms with Gasteiger partial charge in [-0.15, -0.1) is 35.3 Å². The number of nitrogens with zero attached hydrogens (tertiary/aromatic N) is 2. The van der Waals surface area contributed by atoms with Crippen molar-refractivity contribution in [2.45, 2.75) is 38.6 Å². The standard InChI is InChI=1S/C20H36N4O2S.HI/c1-3-4-12-25-14-15-26-13-9-22-20(21-2)23-17-18(19-8-7-16-27-19)24-10-5-6-11-24;/h7-8,16,18H,3-6,9-15,17H2,1-2H3,(H2,21,22,23);1H. The summed E-state index contributed by atoms with van der Waals surface area (Å²) in [7, 11) is 1.81. The Hall–Kier alpha value is -0.420. The highest BCUT2D eigenvalue weighted by atomic mass is 127. The van der Waals surface area contributed by atoms with Crippen molar-refractivity contribution >= 4 is 41.3 Å². The molecule has 0 radical (unpaired) electrons. The first kappa shape index (κ1) is 25.6. The lowest BCUT2D eigenvalue weighted by Crippen LogP contribution is -2.43. The van der Waals surface area contributed by atoms with Crippen LogP contribution in [0.5, 0.6) is 0 Å². The second-order valence-corrected chi connectivity index (χ2v) is 7.71. The zero-order valence-electron chi connectivity index (χ0n) is 17.3. The molecule has 6 nitrogen and oxygen atoms in total. The number of hydrogen-bond acceptors (Lipinski definition) is 5. The third-order valence-corrected chi connectivity index (χ3v) is 5.67. The fourth-order valence-electron chi connectivity index (χ4n) is 3.17. The van der Waals surface area contributed by atoms with Crippen LogP contribution < -0.4 is 10.6 Å². The third kappa shape index (κ3) is 9.87. The Labute approximate surface area is 191 Å². The smallest absolute Gasteiger partial charge is 0.191 e. The van der Waals surface area contributed by atoms with Crippen molar-refractivity contribution in [1.29, 1.82) is 0 Å². The SMILES string of the molecule is CCCCOCCOCCNC(=NC)NCC(c1cccs1)N1CCCC1.I. The van der Waals surface area contributed by atoms with Crippen LogP contribution in [-0.2, 0) is 9.47 Å². The van der Waals surface area contributed by atoms with Crippen LogP contribution in [0.2, 0.25) is 0 Å². The van der Waals surface area contributed by atoms with Gasteiger partial charge in [-0.3, -0.25) is 9.89 Å². The van der Waals surface area contributed by atoms with E-state index in [1.54, 1.807) is 0 Å². The minimum atomic E-state index is 0. The molecule has 1 fully saturated rings. The van der Waals surface area contributed by atoms with E-state index < -0.39 is 0 Å². The molecule has 1 aliphatic rings. The first-order valence-electron chi connectivity index (χ1n) is 10.2. The number of hydrogen-bond donors (Lipinski definition) is 2. The Morgan fingerprint density at radius 2 is 1.93 bits per heavy atom. The molecule has 1 aromatic rings. The van der Waals surface area contributed by atoms with E-state index in [4.69, 9.17) is 9.47 Å². The van der Waals surface area contributed by atoms with E-state index in [0.29, 0.717) is 25.9 Å². The lowest BCUT2D eigenvalue weighted by atomic mass is 10.2. The predicted molar refractivity (Wildman–Crippen MR) is 129 cm³/mol. The Balaban J connectivity index is 0.00000392. The summed E-state index contributed by atoms with van der Waals surface area (Å²) in [4.78, 5) is 8.33. The molecule has 0 saturated carbocycles. The van der Waals surface area contributed by atoms with Gasteiger partial charge >= 0.3 is 0 Å². The van der Waals surface area contributed by atoms with Crippen molar-refractivity contribution in [2.75, 3.05) is 59.7 Å². The van der Waals surface area contributed by atoms with Gasteiger partial charge in [0.1, 0.15) is 0 Å². The number of thiophene rings is 1. The van der Waals surface area contributed by atoms with Gasteiger partial charge in [-0.1, -0.05) is 19.4 Å². The van der Waals surface area contributed by atoms with Crippen molar-refractivity contribution in [3.8, 4) is 0 Å². The maximum Gasteiger partial charge on any atom is 0.191 e. The topological polar surface area (TPSA) is 58.1 Å². The van der Waals surface area contributed by atoms with Crippen molar-refractivity contribution in [3.05, 3.63) is 22.4 Å². The third-order valence-electron chi connectivity index (χ3n) is 4.69. The molecule has 8 heteroatoms. The number of halogens is 1. The average Bonchev–Trinajstić information content (AvgIpc) is 3.40. The molecule has 2 heterocycles. The maximum absolute atomic E-state index is 5.60. The molecule has 2 rings (SSSR count). The zero-order chi connectivity index (χ0) is 19.2. The Morgan fingerprint density at radius 1 is 1.18 bits per heavy atom. The van der Waals surface area contributed by atoms with Crippen LogP contribution in [-0.4, -0.2) is 70.5 Å².